The molecule has 0 aliphatic carbocycles. The van der Waals surface area contributed by atoms with Gasteiger partial charge in [-0.05, 0) is 30.2 Å². The number of fused-ring (bicyclic) bond motifs is 1. The SMILES string of the molecule is Fc1cccc(C2(CC3COc4ccccc43)CNC2)c1. The van der Waals surface area contributed by atoms with Gasteiger partial charge in [0.2, 0.25) is 0 Å². The highest BCUT2D eigenvalue weighted by atomic mass is 19.1. The highest BCUT2D eigenvalue weighted by molar-refractivity contribution is 5.41. The van der Waals surface area contributed by atoms with Gasteiger partial charge < -0.3 is 10.1 Å². The van der Waals surface area contributed by atoms with Crippen LogP contribution < -0.4 is 10.1 Å². The number of hydrogen-bond acceptors (Lipinski definition) is 2. The zero-order valence-corrected chi connectivity index (χ0v) is 11.8. The molecule has 1 fully saturated rings. The lowest BCUT2D eigenvalue weighted by atomic mass is 9.68. The highest BCUT2D eigenvalue weighted by Crippen LogP contribution is 2.43. The van der Waals surface area contributed by atoms with Gasteiger partial charge in [0.1, 0.15) is 11.6 Å². The second kappa shape index (κ2) is 4.85. The van der Waals surface area contributed by atoms with Gasteiger partial charge in [0.05, 0.1) is 6.61 Å². The number of para-hydroxylation sites is 1. The van der Waals surface area contributed by atoms with E-state index >= 15 is 0 Å². The Labute approximate surface area is 123 Å². The topological polar surface area (TPSA) is 21.3 Å². The van der Waals surface area contributed by atoms with Gasteiger partial charge in [-0.1, -0.05) is 30.3 Å². The minimum atomic E-state index is -0.151. The zero-order valence-electron chi connectivity index (χ0n) is 11.8. The van der Waals surface area contributed by atoms with Gasteiger partial charge in [-0.2, -0.15) is 0 Å². The van der Waals surface area contributed by atoms with Crippen LogP contribution in [0, 0.1) is 5.82 Å². The summed E-state index contributed by atoms with van der Waals surface area (Å²) in [6, 6.07) is 15.3. The molecule has 1 saturated heterocycles. The molecule has 1 unspecified atom stereocenters. The Balaban J connectivity index is 1.64. The maximum atomic E-state index is 13.6. The molecule has 2 heterocycles. The fraction of sp³-hybridized carbons (Fsp3) is 0.333. The Kier molecular flexibility index (Phi) is 2.96. The zero-order chi connectivity index (χ0) is 14.3. The average molecular weight is 283 g/mol. The van der Waals surface area contributed by atoms with E-state index in [2.05, 4.69) is 17.4 Å². The Morgan fingerprint density at radius 1 is 1.14 bits per heavy atom. The summed E-state index contributed by atoms with van der Waals surface area (Å²) in [6.45, 7) is 2.56. The van der Waals surface area contributed by atoms with Gasteiger partial charge in [0.25, 0.3) is 0 Å². The van der Waals surface area contributed by atoms with Crippen molar-refractivity contribution in [3.63, 3.8) is 0 Å². The number of benzene rings is 2. The third-order valence-electron chi connectivity index (χ3n) is 4.80. The Bertz CT molecular complexity index is 666. The first kappa shape index (κ1) is 12.8. The van der Waals surface area contributed by atoms with E-state index in [0.717, 1.165) is 37.4 Å². The molecule has 1 N–H and O–H groups in total. The van der Waals surface area contributed by atoms with Gasteiger partial charge in [-0.25, -0.2) is 4.39 Å². The van der Waals surface area contributed by atoms with Crippen molar-refractivity contribution in [1.82, 2.24) is 5.32 Å². The molecule has 2 aromatic rings. The summed E-state index contributed by atoms with van der Waals surface area (Å²) >= 11 is 0. The summed E-state index contributed by atoms with van der Waals surface area (Å²) in [4.78, 5) is 0. The molecular formula is C18H18FNO. The van der Waals surface area contributed by atoms with E-state index in [0.29, 0.717) is 5.92 Å². The van der Waals surface area contributed by atoms with Crippen LogP contribution in [0.5, 0.6) is 5.75 Å². The molecular weight excluding hydrogens is 265 g/mol. The molecule has 0 saturated carbocycles. The van der Waals surface area contributed by atoms with Gasteiger partial charge in [0, 0.05) is 30.0 Å². The van der Waals surface area contributed by atoms with E-state index in [1.807, 2.05) is 24.3 Å². The van der Waals surface area contributed by atoms with Crippen LogP contribution in [0.25, 0.3) is 0 Å². The average Bonchev–Trinajstić information content (AvgIpc) is 2.86. The molecule has 0 radical (unpaired) electrons. The minimum Gasteiger partial charge on any atom is -0.493 e. The first-order valence-corrected chi connectivity index (χ1v) is 7.45. The van der Waals surface area contributed by atoms with Crippen molar-refractivity contribution >= 4 is 0 Å². The van der Waals surface area contributed by atoms with Crippen LogP contribution in [0.4, 0.5) is 4.39 Å². The van der Waals surface area contributed by atoms with E-state index in [9.17, 15) is 4.39 Å². The van der Waals surface area contributed by atoms with Crippen molar-refractivity contribution in [3.8, 4) is 5.75 Å². The van der Waals surface area contributed by atoms with Crippen molar-refractivity contribution in [2.24, 2.45) is 0 Å². The van der Waals surface area contributed by atoms with Crippen LogP contribution in [0.1, 0.15) is 23.5 Å². The molecule has 2 aliphatic rings. The highest BCUT2D eigenvalue weighted by Gasteiger charge is 2.42. The fourth-order valence-electron chi connectivity index (χ4n) is 3.58. The summed E-state index contributed by atoms with van der Waals surface area (Å²) in [5.41, 5.74) is 2.43. The van der Waals surface area contributed by atoms with Gasteiger partial charge in [0.15, 0.2) is 0 Å². The van der Waals surface area contributed by atoms with Crippen LogP contribution >= 0.6 is 0 Å². The van der Waals surface area contributed by atoms with Crippen molar-refractivity contribution in [2.45, 2.75) is 17.8 Å². The smallest absolute Gasteiger partial charge is 0.123 e. The van der Waals surface area contributed by atoms with E-state index in [1.165, 1.54) is 11.6 Å². The van der Waals surface area contributed by atoms with E-state index < -0.39 is 0 Å². The number of nitrogens with one attached hydrogen (secondary N) is 1. The largest absolute Gasteiger partial charge is 0.493 e. The molecule has 0 bridgehead atoms. The Hall–Kier alpha value is -1.87. The molecule has 0 aromatic heterocycles. The second-order valence-corrected chi connectivity index (χ2v) is 6.14. The third-order valence-corrected chi connectivity index (χ3v) is 4.80. The van der Waals surface area contributed by atoms with Crippen molar-refractivity contribution in [3.05, 3.63) is 65.5 Å². The predicted octanol–water partition coefficient (Wildman–Crippen LogP) is 3.23. The van der Waals surface area contributed by atoms with Crippen LogP contribution in [-0.2, 0) is 5.41 Å². The van der Waals surface area contributed by atoms with Crippen LogP contribution in [-0.4, -0.2) is 19.7 Å². The van der Waals surface area contributed by atoms with Crippen LogP contribution in [0.15, 0.2) is 48.5 Å². The Morgan fingerprint density at radius 3 is 2.76 bits per heavy atom. The summed E-state index contributed by atoms with van der Waals surface area (Å²) < 4.78 is 19.4. The molecule has 0 spiro atoms. The first-order valence-electron chi connectivity index (χ1n) is 7.45. The van der Waals surface area contributed by atoms with Gasteiger partial charge in [-0.15, -0.1) is 0 Å². The molecule has 1 atom stereocenters. The normalized spacial score (nSPS) is 22.2. The monoisotopic (exact) mass is 283 g/mol. The number of hydrogen-bond donors (Lipinski definition) is 1. The Morgan fingerprint density at radius 2 is 2.00 bits per heavy atom. The molecule has 3 heteroatoms. The maximum Gasteiger partial charge on any atom is 0.123 e. The fourth-order valence-corrected chi connectivity index (χ4v) is 3.58. The number of ether oxygens (including phenoxy) is 1. The minimum absolute atomic E-state index is 0.0353. The van der Waals surface area contributed by atoms with E-state index in [1.54, 1.807) is 6.07 Å². The number of rotatable bonds is 3. The molecule has 2 aromatic carbocycles. The molecule has 21 heavy (non-hydrogen) atoms. The van der Waals surface area contributed by atoms with Crippen LogP contribution in [0.3, 0.4) is 0 Å². The first-order chi connectivity index (χ1) is 10.3. The molecule has 0 amide bonds. The second-order valence-electron chi connectivity index (χ2n) is 6.14. The third kappa shape index (κ3) is 2.12. The van der Waals surface area contributed by atoms with E-state index in [4.69, 9.17) is 4.74 Å². The lowest BCUT2D eigenvalue weighted by Crippen LogP contribution is -2.57. The van der Waals surface area contributed by atoms with Crippen molar-refractivity contribution in [2.75, 3.05) is 19.7 Å². The molecule has 2 nitrogen and oxygen atoms in total. The van der Waals surface area contributed by atoms with E-state index in [-0.39, 0.29) is 11.2 Å². The lowest BCUT2D eigenvalue weighted by Gasteiger charge is -2.44. The maximum absolute atomic E-state index is 13.6. The summed E-state index contributed by atoms with van der Waals surface area (Å²) in [5.74, 6) is 1.25. The quantitative estimate of drug-likeness (QED) is 0.933. The van der Waals surface area contributed by atoms with Crippen LogP contribution in [0.2, 0.25) is 0 Å². The van der Waals surface area contributed by atoms with Gasteiger partial charge in [-0.3, -0.25) is 0 Å². The number of halogens is 1. The molecule has 2 aliphatic heterocycles. The lowest BCUT2D eigenvalue weighted by molar-refractivity contribution is 0.220. The molecule has 4 rings (SSSR count). The summed E-state index contributed by atoms with van der Waals surface area (Å²) in [7, 11) is 0. The molecule has 108 valence electrons. The summed E-state index contributed by atoms with van der Waals surface area (Å²) in [6.07, 6.45) is 1.00. The summed E-state index contributed by atoms with van der Waals surface area (Å²) in [5, 5.41) is 3.35. The van der Waals surface area contributed by atoms with Crippen molar-refractivity contribution < 1.29 is 9.13 Å². The van der Waals surface area contributed by atoms with Gasteiger partial charge >= 0.3 is 0 Å². The predicted molar refractivity (Wildman–Crippen MR) is 80.2 cm³/mol. The standard InChI is InChI=1S/C18H18FNO/c19-15-5-3-4-14(8-15)18(11-20-12-18)9-13-10-21-17-7-2-1-6-16(13)17/h1-8,13,20H,9-12H2. The van der Waals surface area contributed by atoms with Crippen molar-refractivity contribution in [1.29, 1.82) is 0 Å².